The van der Waals surface area contributed by atoms with Gasteiger partial charge >= 0.3 is 17.8 Å². The maximum absolute atomic E-state index is 14.9. The fourth-order valence-corrected chi connectivity index (χ4v) is 12.7. The number of carbonyl (C=O) groups is 3. The van der Waals surface area contributed by atoms with Gasteiger partial charge in [-0.15, -0.1) is 0 Å². The van der Waals surface area contributed by atoms with Crippen molar-refractivity contribution in [2.45, 2.75) is 125 Å². The molecule has 1 aliphatic heterocycles. The van der Waals surface area contributed by atoms with Crippen molar-refractivity contribution in [3.8, 4) is 0 Å². The molecule has 1 aromatic heterocycles. The van der Waals surface area contributed by atoms with Gasteiger partial charge in [-0.25, -0.2) is 18.2 Å². The maximum atomic E-state index is 14.9. The van der Waals surface area contributed by atoms with Crippen LogP contribution in [0.15, 0.2) is 30.3 Å². The summed E-state index contributed by atoms with van der Waals surface area (Å²) in [6.45, 7) is 14.2. The van der Waals surface area contributed by atoms with Gasteiger partial charge in [0.25, 0.3) is 0 Å². The molecule has 280 valence electrons. The number of carboxylic acids is 1. The van der Waals surface area contributed by atoms with E-state index in [1.807, 2.05) is 19.9 Å². The number of rotatable bonds is 6. The Morgan fingerprint density at radius 3 is 2.27 bits per heavy atom. The van der Waals surface area contributed by atoms with Crippen molar-refractivity contribution < 1.29 is 46.2 Å². The number of aliphatic imine (C=N–C) groups is 1. The second kappa shape index (κ2) is 10.9. The number of nitrogens with zero attached hydrogens (tertiary/aromatic N) is 1. The van der Waals surface area contributed by atoms with E-state index in [1.54, 1.807) is 6.92 Å². The summed E-state index contributed by atoms with van der Waals surface area (Å²) in [5, 5.41) is 10.2. The van der Waals surface area contributed by atoms with E-state index in [0.29, 0.717) is 44.4 Å². The number of carboxylic acid groups (broad SMARTS) is 1. The van der Waals surface area contributed by atoms with Crippen LogP contribution in [0.3, 0.4) is 0 Å². The summed E-state index contributed by atoms with van der Waals surface area (Å²) in [5.74, 6) is -2.89. The van der Waals surface area contributed by atoms with Crippen LogP contribution in [-0.4, -0.2) is 60.8 Å². The molecule has 0 saturated heterocycles. The molecule has 10 atom stereocenters. The van der Waals surface area contributed by atoms with E-state index in [-0.39, 0.29) is 40.7 Å². The predicted octanol–water partition coefficient (Wildman–Crippen LogP) is 5.59. The van der Waals surface area contributed by atoms with Crippen molar-refractivity contribution >= 4 is 33.5 Å². The van der Waals surface area contributed by atoms with E-state index in [0.717, 1.165) is 31.1 Å². The SMILES string of the molecule is Cc1oc(=O)oc1COC1=N[C@@]23CC[C@]4(C)[C@H](C(=O)C=C5[C@@H]6C[C@@](C)(C(=O)O)CC[C@]6(C)CC[C@]54C)[C@@]2(C)CC[C@H](OC(=O)CS(C)(=O)=O)[C@@]13C. The third-order valence-corrected chi connectivity index (χ3v) is 16.3. The van der Waals surface area contributed by atoms with Crippen LogP contribution in [-0.2, 0) is 40.3 Å². The monoisotopic (exact) mass is 729 g/mol. The Morgan fingerprint density at radius 1 is 0.961 bits per heavy atom. The number of carbonyl (C=O) groups excluding carboxylic acids is 2. The van der Waals surface area contributed by atoms with Crippen molar-refractivity contribution in [2.24, 2.45) is 49.3 Å². The van der Waals surface area contributed by atoms with E-state index in [2.05, 4.69) is 27.7 Å². The molecule has 1 aromatic rings. The zero-order valence-electron chi connectivity index (χ0n) is 31.0. The summed E-state index contributed by atoms with van der Waals surface area (Å²) in [4.78, 5) is 57.4. The fraction of sp³-hybridized carbons (Fsp3) is 0.763. The van der Waals surface area contributed by atoms with E-state index in [1.165, 1.54) is 0 Å². The van der Waals surface area contributed by atoms with Crippen molar-refractivity contribution in [1.29, 1.82) is 0 Å². The minimum absolute atomic E-state index is 0.0140. The quantitative estimate of drug-likeness (QED) is 0.361. The highest BCUT2D eigenvalue weighted by Crippen LogP contribution is 2.78. The lowest BCUT2D eigenvalue weighted by Crippen LogP contribution is -2.79. The topological polar surface area (TPSA) is 180 Å². The highest BCUT2D eigenvalue weighted by molar-refractivity contribution is 7.91. The summed E-state index contributed by atoms with van der Waals surface area (Å²) in [7, 11) is -3.65. The summed E-state index contributed by atoms with van der Waals surface area (Å²) in [5.41, 5.74) is -3.22. The first-order valence-corrected chi connectivity index (χ1v) is 20.2. The van der Waals surface area contributed by atoms with E-state index < -0.39 is 72.6 Å². The van der Waals surface area contributed by atoms with Gasteiger partial charge in [0.2, 0.25) is 0 Å². The zero-order chi connectivity index (χ0) is 37.4. The van der Waals surface area contributed by atoms with E-state index in [9.17, 15) is 32.7 Å². The van der Waals surface area contributed by atoms with Gasteiger partial charge in [-0.2, -0.15) is 0 Å². The molecule has 1 spiro atoms. The number of ketones is 1. The van der Waals surface area contributed by atoms with Gasteiger partial charge in [0.05, 0.1) is 11.0 Å². The molecule has 13 heteroatoms. The Balaban J connectivity index is 1.30. The van der Waals surface area contributed by atoms with Crippen molar-refractivity contribution in [2.75, 3.05) is 12.0 Å². The van der Waals surface area contributed by atoms with Crippen molar-refractivity contribution in [1.82, 2.24) is 0 Å². The molecule has 0 amide bonds. The second-order valence-corrected chi connectivity index (χ2v) is 20.3. The molecule has 1 N–H and O–H groups in total. The number of hydrogen-bond donors (Lipinski definition) is 1. The average molecular weight is 730 g/mol. The standard InChI is InChI=1S/C38H51NO11S/c1-21-25(49-31(44)48-21)19-47-29-37(7)26(50-27(41)20-51(8,45)46)9-10-36(6)28-24(40)17-22-23-18-33(3,30(42)43)12-11-32(23,2)13-14-34(22,4)35(28,5)15-16-38(36,37)39-29/h17,23,26,28H,9-16,18-20H2,1-8H3,(H,42,43)/t23-,26-,28-,32+,33-,34+,35+,36+,37-,38-/m0/s1. The molecule has 6 aliphatic rings. The third kappa shape index (κ3) is 4.73. The zero-order valence-corrected chi connectivity index (χ0v) is 31.8. The van der Waals surface area contributed by atoms with E-state index >= 15 is 0 Å². The molecular formula is C38H51NO11S. The molecule has 5 aliphatic carbocycles. The van der Waals surface area contributed by atoms with Crippen LogP contribution in [0.25, 0.3) is 0 Å². The Morgan fingerprint density at radius 2 is 1.65 bits per heavy atom. The molecule has 51 heavy (non-hydrogen) atoms. The molecule has 0 unspecified atom stereocenters. The molecule has 2 heterocycles. The summed E-state index contributed by atoms with van der Waals surface area (Å²) in [6.07, 6.45) is 7.97. The van der Waals surface area contributed by atoms with Crippen LogP contribution in [0.4, 0.5) is 0 Å². The smallest absolute Gasteiger partial charge is 0.481 e. The second-order valence-electron chi connectivity index (χ2n) is 18.2. The first-order chi connectivity index (χ1) is 23.5. The normalized spacial score (nSPS) is 44.2. The lowest BCUT2D eigenvalue weighted by atomic mass is 9.30. The van der Waals surface area contributed by atoms with Crippen molar-refractivity contribution in [3.05, 3.63) is 33.8 Å². The number of esters is 1. The minimum Gasteiger partial charge on any atom is -0.481 e. The third-order valence-electron chi connectivity index (χ3n) is 15.5. The number of fused-ring (bicyclic) bond motifs is 6. The summed E-state index contributed by atoms with van der Waals surface area (Å²) in [6, 6.07) is 0. The summed E-state index contributed by atoms with van der Waals surface area (Å²) >= 11 is 0. The Bertz CT molecular complexity index is 1960. The molecule has 0 radical (unpaired) electrons. The highest BCUT2D eigenvalue weighted by atomic mass is 32.2. The van der Waals surface area contributed by atoms with Gasteiger partial charge < -0.3 is 23.4 Å². The van der Waals surface area contributed by atoms with Crippen LogP contribution in [0.5, 0.6) is 0 Å². The predicted molar refractivity (Wildman–Crippen MR) is 184 cm³/mol. The van der Waals surface area contributed by atoms with Crippen LogP contribution in [0.2, 0.25) is 0 Å². The van der Waals surface area contributed by atoms with Gasteiger partial charge in [-0.05, 0) is 107 Å². The lowest BCUT2D eigenvalue weighted by molar-refractivity contribution is -0.221. The van der Waals surface area contributed by atoms with Crippen LogP contribution >= 0.6 is 0 Å². The first-order valence-electron chi connectivity index (χ1n) is 18.2. The summed E-state index contributed by atoms with van der Waals surface area (Å²) < 4.78 is 46.5. The number of aryl methyl sites for hydroxylation is 1. The Kier molecular flexibility index (Phi) is 7.74. The largest absolute Gasteiger partial charge is 0.519 e. The van der Waals surface area contributed by atoms with Gasteiger partial charge in [0, 0.05) is 17.6 Å². The maximum Gasteiger partial charge on any atom is 0.519 e. The van der Waals surface area contributed by atoms with Gasteiger partial charge in [0.1, 0.15) is 17.3 Å². The number of allylic oxidation sites excluding steroid dienone is 2. The van der Waals surface area contributed by atoms with E-state index in [4.69, 9.17) is 23.3 Å². The minimum atomic E-state index is -3.65. The molecule has 7 rings (SSSR count). The van der Waals surface area contributed by atoms with Crippen LogP contribution in [0, 0.1) is 51.2 Å². The number of sulfone groups is 1. The number of aliphatic carboxylic acids is 1. The molecule has 4 fully saturated rings. The first kappa shape index (κ1) is 36.2. The molecule has 0 bridgehead atoms. The van der Waals surface area contributed by atoms with Crippen molar-refractivity contribution in [3.63, 3.8) is 0 Å². The molecule has 4 saturated carbocycles. The highest BCUT2D eigenvalue weighted by Gasteiger charge is 2.81. The van der Waals surface area contributed by atoms with Gasteiger partial charge in [-0.3, -0.25) is 14.4 Å². The van der Waals surface area contributed by atoms with Gasteiger partial charge in [-0.1, -0.05) is 33.3 Å². The van der Waals surface area contributed by atoms with Crippen LogP contribution < -0.4 is 5.82 Å². The number of ether oxygens (including phenoxy) is 2. The average Bonchev–Trinajstić information content (AvgIpc) is 3.34. The molecular weight excluding hydrogens is 678 g/mol. The Hall–Kier alpha value is -3.22. The Labute approximate surface area is 298 Å². The van der Waals surface area contributed by atoms with Gasteiger partial charge in [0.15, 0.2) is 39.6 Å². The number of hydrogen-bond acceptors (Lipinski definition) is 11. The molecule has 0 aromatic carbocycles. The molecule has 12 nitrogen and oxygen atoms in total. The van der Waals surface area contributed by atoms with Crippen LogP contribution in [0.1, 0.15) is 111 Å². The fourth-order valence-electron chi connectivity index (χ4n) is 12.2. The lowest BCUT2D eigenvalue weighted by Gasteiger charge is -2.75.